The number of nitrogens with zero attached hydrogens (tertiary/aromatic N) is 2. The van der Waals surface area contributed by atoms with Gasteiger partial charge in [0.05, 0.1) is 8.49 Å². The molecule has 1 aliphatic heterocycles. The Labute approximate surface area is 136 Å². The number of halogens is 1. The van der Waals surface area contributed by atoms with Crippen LogP contribution in [-0.4, -0.2) is 18.0 Å². The summed E-state index contributed by atoms with van der Waals surface area (Å²) in [5.74, 6) is 0. The molecule has 0 saturated carbocycles. The highest BCUT2D eigenvalue weighted by atomic mass is 127. The molecule has 1 heterocycles. The van der Waals surface area contributed by atoms with E-state index >= 15 is 0 Å². The molecule has 5 nitrogen and oxygen atoms in total. The molecule has 1 N–H and O–H groups in total. The summed E-state index contributed by atoms with van der Waals surface area (Å²) in [4.78, 5) is 12.8. The number of hydrogen-bond acceptors (Lipinski definition) is 4. The maximum absolute atomic E-state index is 10.9. The second-order valence-corrected chi connectivity index (χ2v) is 6.01. The molecule has 0 bridgehead atoms. The van der Waals surface area contributed by atoms with Crippen LogP contribution in [0.2, 0.25) is 0 Å². The molecular weight excluding hydrogens is 381 g/mol. The molecule has 0 amide bonds. The van der Waals surface area contributed by atoms with Crippen molar-refractivity contribution in [1.82, 2.24) is 5.32 Å². The van der Waals surface area contributed by atoms with Crippen LogP contribution in [0.5, 0.6) is 0 Å². The quantitative estimate of drug-likeness (QED) is 0.481. The lowest BCUT2D eigenvalue weighted by molar-refractivity contribution is -0.385. The van der Waals surface area contributed by atoms with Gasteiger partial charge >= 0.3 is 0 Å². The van der Waals surface area contributed by atoms with E-state index in [0.29, 0.717) is 3.57 Å². The first-order chi connectivity index (χ1) is 10.2. The van der Waals surface area contributed by atoms with Crippen molar-refractivity contribution < 1.29 is 4.92 Å². The van der Waals surface area contributed by atoms with Crippen molar-refractivity contribution in [2.75, 3.05) is 18.0 Å². The molecule has 3 rings (SSSR count). The normalized spacial score (nSPS) is 14.4. The van der Waals surface area contributed by atoms with Gasteiger partial charge < -0.3 is 10.2 Å². The minimum Gasteiger partial charge on any atom is -0.340 e. The lowest BCUT2D eigenvalue weighted by Crippen LogP contribution is -2.24. The Morgan fingerprint density at radius 1 is 1.24 bits per heavy atom. The second kappa shape index (κ2) is 5.98. The number of hydrogen-bond donors (Lipinski definition) is 1. The molecule has 1 aliphatic rings. The van der Waals surface area contributed by atoms with Crippen molar-refractivity contribution in [1.29, 1.82) is 0 Å². The Morgan fingerprint density at radius 3 is 2.81 bits per heavy atom. The highest BCUT2D eigenvalue weighted by Gasteiger charge is 2.19. The van der Waals surface area contributed by atoms with Crippen LogP contribution in [-0.2, 0) is 6.54 Å². The molecule has 2 aromatic rings. The number of anilines is 2. The van der Waals surface area contributed by atoms with Crippen LogP contribution in [0.25, 0.3) is 0 Å². The van der Waals surface area contributed by atoms with Crippen LogP contribution in [0.1, 0.15) is 5.56 Å². The fraction of sp³-hybridized carbons (Fsp3) is 0.200. The Hall–Kier alpha value is -1.67. The number of rotatable bonds is 2. The molecule has 0 radical (unpaired) electrons. The number of para-hydroxylation sites is 1. The molecule has 2 aromatic carbocycles. The Balaban J connectivity index is 2.04. The van der Waals surface area contributed by atoms with Gasteiger partial charge in [0.15, 0.2) is 0 Å². The van der Waals surface area contributed by atoms with Crippen LogP contribution < -0.4 is 10.2 Å². The molecule has 6 heteroatoms. The van der Waals surface area contributed by atoms with Gasteiger partial charge in [-0.05, 0) is 46.4 Å². The standard InChI is InChI=1S/C15H14IN3O2/c16-13-9-12(5-6-15(13)19(20)21)18-8-7-17-10-11-3-1-2-4-14(11)18/h1-6,9,17H,7-8,10H2. The average Bonchev–Trinajstić information content (AvgIpc) is 2.69. The Bertz CT molecular complexity index is 690. The minimum atomic E-state index is -0.344. The summed E-state index contributed by atoms with van der Waals surface area (Å²) in [7, 11) is 0. The Morgan fingerprint density at radius 2 is 2.05 bits per heavy atom. The summed E-state index contributed by atoms with van der Waals surface area (Å²) < 4.78 is 0.657. The average molecular weight is 395 g/mol. The summed E-state index contributed by atoms with van der Waals surface area (Å²) in [5.41, 5.74) is 3.54. The number of fused-ring (bicyclic) bond motifs is 1. The smallest absolute Gasteiger partial charge is 0.282 e. The summed E-state index contributed by atoms with van der Waals surface area (Å²) in [6, 6.07) is 13.5. The van der Waals surface area contributed by atoms with Gasteiger partial charge in [0.1, 0.15) is 0 Å². The van der Waals surface area contributed by atoms with E-state index in [1.54, 1.807) is 6.07 Å². The summed E-state index contributed by atoms with van der Waals surface area (Å²) >= 11 is 2.02. The van der Waals surface area contributed by atoms with Gasteiger partial charge in [-0.2, -0.15) is 0 Å². The fourth-order valence-electron chi connectivity index (χ4n) is 2.54. The molecular formula is C15H14IN3O2. The Kier molecular flexibility index (Phi) is 4.07. The number of benzene rings is 2. The van der Waals surface area contributed by atoms with Gasteiger partial charge in [-0.3, -0.25) is 10.1 Å². The van der Waals surface area contributed by atoms with Gasteiger partial charge in [0.25, 0.3) is 5.69 Å². The number of nitrogens with one attached hydrogen (secondary N) is 1. The van der Waals surface area contributed by atoms with Crippen molar-refractivity contribution in [3.8, 4) is 0 Å². The molecule has 0 unspecified atom stereocenters. The van der Waals surface area contributed by atoms with E-state index in [1.165, 1.54) is 5.56 Å². The minimum absolute atomic E-state index is 0.153. The van der Waals surface area contributed by atoms with Gasteiger partial charge in [-0.15, -0.1) is 0 Å². The second-order valence-electron chi connectivity index (χ2n) is 4.85. The van der Waals surface area contributed by atoms with E-state index in [2.05, 4.69) is 22.3 Å². The third-order valence-corrected chi connectivity index (χ3v) is 4.41. The molecule has 0 aliphatic carbocycles. The molecule has 0 spiro atoms. The van der Waals surface area contributed by atoms with E-state index in [0.717, 1.165) is 31.0 Å². The monoisotopic (exact) mass is 395 g/mol. The van der Waals surface area contributed by atoms with Crippen LogP contribution in [0, 0.1) is 13.7 Å². The van der Waals surface area contributed by atoms with Crippen molar-refractivity contribution in [2.24, 2.45) is 0 Å². The van der Waals surface area contributed by atoms with E-state index in [-0.39, 0.29) is 10.6 Å². The topological polar surface area (TPSA) is 58.4 Å². The summed E-state index contributed by atoms with van der Waals surface area (Å²) in [6.45, 7) is 2.56. The molecule has 108 valence electrons. The summed E-state index contributed by atoms with van der Waals surface area (Å²) in [5, 5.41) is 14.3. The molecule has 0 atom stereocenters. The molecule has 0 aromatic heterocycles. The third kappa shape index (κ3) is 2.86. The first-order valence-electron chi connectivity index (χ1n) is 6.67. The predicted molar refractivity (Wildman–Crippen MR) is 91.0 cm³/mol. The van der Waals surface area contributed by atoms with Gasteiger partial charge in [-0.1, -0.05) is 18.2 Å². The van der Waals surface area contributed by atoms with Crippen LogP contribution in [0.4, 0.5) is 17.1 Å². The maximum atomic E-state index is 10.9. The van der Waals surface area contributed by atoms with Crippen LogP contribution >= 0.6 is 22.6 Å². The lowest BCUT2D eigenvalue weighted by Gasteiger charge is -2.24. The van der Waals surface area contributed by atoms with Crippen LogP contribution in [0.3, 0.4) is 0 Å². The lowest BCUT2D eigenvalue weighted by atomic mass is 10.1. The first-order valence-corrected chi connectivity index (χ1v) is 7.75. The highest BCUT2D eigenvalue weighted by molar-refractivity contribution is 14.1. The van der Waals surface area contributed by atoms with Gasteiger partial charge in [-0.25, -0.2) is 0 Å². The van der Waals surface area contributed by atoms with Crippen molar-refractivity contribution in [2.45, 2.75) is 6.54 Å². The zero-order chi connectivity index (χ0) is 14.8. The van der Waals surface area contributed by atoms with Gasteiger partial charge in [0.2, 0.25) is 0 Å². The van der Waals surface area contributed by atoms with Crippen molar-refractivity contribution >= 4 is 39.7 Å². The van der Waals surface area contributed by atoms with E-state index < -0.39 is 0 Å². The van der Waals surface area contributed by atoms with Gasteiger partial charge in [0, 0.05) is 37.1 Å². The fourth-order valence-corrected chi connectivity index (χ4v) is 3.23. The first kappa shape index (κ1) is 14.3. The summed E-state index contributed by atoms with van der Waals surface area (Å²) in [6.07, 6.45) is 0. The zero-order valence-corrected chi connectivity index (χ0v) is 13.4. The molecule has 0 fully saturated rings. The maximum Gasteiger partial charge on any atom is 0.282 e. The number of nitro groups is 1. The molecule has 21 heavy (non-hydrogen) atoms. The van der Waals surface area contributed by atoms with Crippen molar-refractivity contribution in [3.05, 3.63) is 61.7 Å². The third-order valence-electron chi connectivity index (χ3n) is 3.55. The SMILES string of the molecule is O=[N+]([O-])c1ccc(N2CCNCc3ccccc32)cc1I. The molecule has 0 saturated heterocycles. The largest absolute Gasteiger partial charge is 0.340 e. The van der Waals surface area contributed by atoms with Crippen LogP contribution in [0.15, 0.2) is 42.5 Å². The highest BCUT2D eigenvalue weighted by Crippen LogP contribution is 2.33. The van der Waals surface area contributed by atoms with E-state index in [1.807, 2.05) is 46.9 Å². The zero-order valence-electron chi connectivity index (χ0n) is 11.3. The van der Waals surface area contributed by atoms with Crippen molar-refractivity contribution in [3.63, 3.8) is 0 Å². The van der Waals surface area contributed by atoms with E-state index in [9.17, 15) is 10.1 Å². The van der Waals surface area contributed by atoms with E-state index in [4.69, 9.17) is 0 Å². The predicted octanol–water partition coefficient (Wildman–Crippen LogP) is 3.44. The number of nitro benzene ring substituents is 1.